The van der Waals surface area contributed by atoms with E-state index in [-0.39, 0.29) is 12.1 Å². The fourth-order valence-corrected chi connectivity index (χ4v) is 3.12. The summed E-state index contributed by atoms with van der Waals surface area (Å²) in [4.78, 5) is 16.5. The van der Waals surface area contributed by atoms with Crippen LogP contribution >= 0.6 is 0 Å². The molecule has 0 amide bonds. The summed E-state index contributed by atoms with van der Waals surface area (Å²) in [6.07, 6.45) is 3.14. The van der Waals surface area contributed by atoms with Gasteiger partial charge < -0.3 is 15.8 Å². The highest BCUT2D eigenvalue weighted by molar-refractivity contribution is 6.08. The van der Waals surface area contributed by atoms with Crippen molar-refractivity contribution in [2.75, 3.05) is 11.9 Å². The summed E-state index contributed by atoms with van der Waals surface area (Å²) in [5, 5.41) is 3.02. The molecular formula is C18H17F3N6O. The van der Waals surface area contributed by atoms with Crippen LogP contribution in [0.5, 0.6) is 0 Å². The molecule has 1 aromatic heterocycles. The number of nitrogens with two attached hydrogens (primary N) is 1. The second kappa shape index (κ2) is 6.18. The lowest BCUT2D eigenvalue weighted by atomic mass is 9.84. The number of fused-ring (bicyclic) bond motifs is 1. The van der Waals surface area contributed by atoms with Crippen molar-refractivity contribution in [3.05, 3.63) is 52.9 Å². The Hall–Kier alpha value is -3.17. The maximum Gasteiger partial charge on any atom is 0.310 e. The monoisotopic (exact) mass is 390 g/mol. The van der Waals surface area contributed by atoms with Crippen molar-refractivity contribution >= 4 is 17.5 Å². The van der Waals surface area contributed by atoms with Crippen LogP contribution in [0.2, 0.25) is 0 Å². The van der Waals surface area contributed by atoms with E-state index in [0.29, 0.717) is 22.8 Å². The molecule has 28 heavy (non-hydrogen) atoms. The topological polar surface area (TPSA) is 97.8 Å². The molecule has 3 N–H and O–H groups in total. The number of hydrogen-bond donors (Lipinski definition) is 2. The zero-order chi connectivity index (χ0) is 20.1. The van der Waals surface area contributed by atoms with Gasteiger partial charge in [-0.1, -0.05) is 0 Å². The van der Waals surface area contributed by atoms with Crippen LogP contribution in [0.4, 0.5) is 18.9 Å². The van der Waals surface area contributed by atoms with E-state index in [1.54, 1.807) is 19.3 Å². The van der Waals surface area contributed by atoms with Gasteiger partial charge in [0, 0.05) is 23.0 Å². The molecule has 1 aromatic carbocycles. The van der Waals surface area contributed by atoms with Gasteiger partial charge in [-0.15, -0.1) is 0 Å². The molecule has 0 bridgehead atoms. The number of amidine groups is 2. The highest BCUT2D eigenvalue weighted by Gasteiger charge is 2.56. The van der Waals surface area contributed by atoms with Gasteiger partial charge in [-0.05, 0) is 26.0 Å². The highest BCUT2D eigenvalue weighted by Crippen LogP contribution is 2.45. The molecule has 2 aromatic rings. The van der Waals surface area contributed by atoms with E-state index in [4.69, 9.17) is 5.73 Å². The Morgan fingerprint density at radius 2 is 2.00 bits per heavy atom. The Morgan fingerprint density at radius 1 is 1.21 bits per heavy atom. The molecular weight excluding hydrogens is 373 g/mol. The van der Waals surface area contributed by atoms with Crippen molar-refractivity contribution in [3.63, 3.8) is 0 Å². The standard InChI is InChI=1S/C18H17F3N6O/c1-9-5-24-14(7-23-9)15-25-6-10-3-12(19)11(4-13(10)26-15)17(2)18(20,21)8-28-16(22)27-17/h3-5,7H,6,8H2,1-2H3,(H2,22,27)(H,25,26). The number of aryl methyl sites for hydroxylation is 1. The van der Waals surface area contributed by atoms with E-state index < -0.39 is 29.9 Å². The van der Waals surface area contributed by atoms with Gasteiger partial charge in [0.15, 0.2) is 18.0 Å². The number of halogens is 3. The quantitative estimate of drug-likeness (QED) is 0.821. The zero-order valence-corrected chi connectivity index (χ0v) is 15.1. The Kier molecular flexibility index (Phi) is 4.02. The molecule has 7 nitrogen and oxygen atoms in total. The molecule has 2 aliphatic heterocycles. The van der Waals surface area contributed by atoms with E-state index in [1.807, 2.05) is 0 Å². The van der Waals surface area contributed by atoms with E-state index in [9.17, 15) is 13.2 Å². The number of nitrogens with one attached hydrogen (secondary N) is 1. The fraction of sp³-hybridized carbons (Fsp3) is 0.333. The lowest BCUT2D eigenvalue weighted by Gasteiger charge is -2.38. The lowest BCUT2D eigenvalue weighted by molar-refractivity contribution is -0.117. The summed E-state index contributed by atoms with van der Waals surface area (Å²) >= 11 is 0. The second-order valence-corrected chi connectivity index (χ2v) is 6.84. The molecule has 0 aliphatic carbocycles. The van der Waals surface area contributed by atoms with Gasteiger partial charge in [-0.3, -0.25) is 9.98 Å². The first-order valence-corrected chi connectivity index (χ1v) is 8.49. The van der Waals surface area contributed by atoms with Crippen molar-refractivity contribution in [2.45, 2.75) is 31.9 Å². The van der Waals surface area contributed by atoms with Gasteiger partial charge in [-0.2, -0.15) is 8.78 Å². The van der Waals surface area contributed by atoms with Crippen molar-refractivity contribution in [1.82, 2.24) is 9.97 Å². The van der Waals surface area contributed by atoms with Gasteiger partial charge >= 0.3 is 5.92 Å². The van der Waals surface area contributed by atoms with Crippen LogP contribution < -0.4 is 11.1 Å². The van der Waals surface area contributed by atoms with E-state index in [2.05, 4.69) is 30.0 Å². The van der Waals surface area contributed by atoms with E-state index >= 15 is 0 Å². The van der Waals surface area contributed by atoms with Gasteiger partial charge in [0.2, 0.25) is 0 Å². The predicted octanol–water partition coefficient (Wildman–Crippen LogP) is 2.49. The number of aliphatic imine (C=N–C) groups is 2. The van der Waals surface area contributed by atoms with Crippen LogP contribution in [0.3, 0.4) is 0 Å². The maximum atomic E-state index is 14.8. The average molecular weight is 390 g/mol. The van der Waals surface area contributed by atoms with E-state index in [1.165, 1.54) is 12.1 Å². The van der Waals surface area contributed by atoms with Crippen molar-refractivity contribution in [3.8, 4) is 0 Å². The second-order valence-electron chi connectivity index (χ2n) is 6.84. The minimum absolute atomic E-state index is 0.173. The minimum atomic E-state index is -3.45. The third-order valence-corrected chi connectivity index (χ3v) is 4.85. The third kappa shape index (κ3) is 2.85. The molecule has 0 saturated heterocycles. The predicted molar refractivity (Wildman–Crippen MR) is 96.9 cm³/mol. The van der Waals surface area contributed by atoms with Crippen LogP contribution in [0.25, 0.3) is 0 Å². The fourth-order valence-electron chi connectivity index (χ4n) is 3.12. The van der Waals surface area contributed by atoms with Crippen LogP contribution in [-0.4, -0.2) is 34.4 Å². The number of alkyl halides is 2. The number of hydrogen-bond acceptors (Lipinski definition) is 7. The van der Waals surface area contributed by atoms with Gasteiger partial charge in [-0.25, -0.2) is 14.4 Å². The van der Waals surface area contributed by atoms with Crippen LogP contribution in [-0.2, 0) is 16.8 Å². The number of nitrogens with zero attached hydrogens (tertiary/aromatic N) is 4. The number of benzene rings is 1. The molecule has 4 rings (SSSR count). The van der Waals surface area contributed by atoms with Crippen molar-refractivity contribution in [1.29, 1.82) is 0 Å². The Labute approximate surface area is 158 Å². The molecule has 3 heterocycles. The summed E-state index contributed by atoms with van der Waals surface area (Å²) in [6.45, 7) is 2.13. The summed E-state index contributed by atoms with van der Waals surface area (Å²) in [5.74, 6) is -3.83. The largest absolute Gasteiger partial charge is 0.459 e. The SMILES string of the molecule is Cc1cnc(C2=NCc3cc(F)c(C4(C)N=C(N)OCC4(F)F)cc3N2)cn1. The smallest absolute Gasteiger partial charge is 0.310 e. The first kappa shape index (κ1) is 18.2. The number of anilines is 1. The molecule has 0 radical (unpaired) electrons. The molecule has 0 saturated carbocycles. The van der Waals surface area contributed by atoms with Gasteiger partial charge in [0.05, 0.1) is 18.4 Å². The average Bonchev–Trinajstić information content (AvgIpc) is 2.65. The molecule has 0 fully saturated rings. The molecule has 146 valence electrons. The molecule has 10 heteroatoms. The normalized spacial score (nSPS) is 23.0. The third-order valence-electron chi connectivity index (χ3n) is 4.85. The molecule has 1 atom stereocenters. The summed E-state index contributed by atoms with van der Waals surface area (Å²) in [6, 6.07) is 2.09. The molecule has 0 spiro atoms. The minimum Gasteiger partial charge on any atom is -0.459 e. The number of ether oxygens (including phenoxy) is 1. The Bertz CT molecular complexity index is 1010. The lowest BCUT2D eigenvalue weighted by Crippen LogP contribution is -2.51. The number of aromatic nitrogens is 2. The van der Waals surface area contributed by atoms with Crippen molar-refractivity contribution in [2.24, 2.45) is 15.7 Å². The first-order valence-electron chi connectivity index (χ1n) is 8.49. The van der Waals surface area contributed by atoms with Crippen LogP contribution in [0.1, 0.15) is 29.4 Å². The highest BCUT2D eigenvalue weighted by atomic mass is 19.3. The zero-order valence-electron chi connectivity index (χ0n) is 15.1. The summed E-state index contributed by atoms with van der Waals surface area (Å²) in [5.41, 5.74) is 5.22. The summed E-state index contributed by atoms with van der Waals surface area (Å²) < 4.78 is 48.6. The first-order chi connectivity index (χ1) is 13.2. The maximum absolute atomic E-state index is 14.8. The molecule has 1 unspecified atom stereocenters. The van der Waals surface area contributed by atoms with E-state index in [0.717, 1.165) is 12.6 Å². The number of rotatable bonds is 2. The summed E-state index contributed by atoms with van der Waals surface area (Å²) in [7, 11) is 0. The molecule has 2 aliphatic rings. The van der Waals surface area contributed by atoms with Crippen molar-refractivity contribution < 1.29 is 17.9 Å². The van der Waals surface area contributed by atoms with Gasteiger partial charge in [0.25, 0.3) is 6.02 Å². The van der Waals surface area contributed by atoms with Crippen LogP contribution in [0.15, 0.2) is 34.5 Å². The van der Waals surface area contributed by atoms with Gasteiger partial charge in [0.1, 0.15) is 11.5 Å². The van der Waals surface area contributed by atoms with Crippen LogP contribution in [0, 0.1) is 12.7 Å². The Balaban J connectivity index is 1.76. The Morgan fingerprint density at radius 3 is 2.71 bits per heavy atom.